The van der Waals surface area contributed by atoms with Gasteiger partial charge in [-0.3, -0.25) is 9.79 Å². The summed E-state index contributed by atoms with van der Waals surface area (Å²) in [5, 5.41) is 5.61. The highest BCUT2D eigenvalue weighted by molar-refractivity contribution is 7.12. The quantitative estimate of drug-likeness (QED) is 0.797. The molecule has 2 heterocycles. The van der Waals surface area contributed by atoms with Gasteiger partial charge < -0.3 is 9.80 Å². The molecule has 150 valence electrons. The zero-order chi connectivity index (χ0) is 19.5. The van der Waals surface area contributed by atoms with Crippen LogP contribution in [0.2, 0.25) is 0 Å². The second-order valence-electron chi connectivity index (χ2n) is 7.91. The second-order valence-corrected chi connectivity index (χ2v) is 8.86. The van der Waals surface area contributed by atoms with E-state index in [-0.39, 0.29) is 5.91 Å². The number of rotatable bonds is 3. The number of likely N-dealkylation sites (N-methyl/N-ethyl adjacent to an activating group) is 1. The van der Waals surface area contributed by atoms with Crippen LogP contribution in [-0.4, -0.2) is 64.8 Å². The molecule has 0 atom stereocenters. The third kappa shape index (κ3) is 4.36. The lowest BCUT2D eigenvalue weighted by Gasteiger charge is -2.32. The summed E-state index contributed by atoms with van der Waals surface area (Å²) in [6, 6.07) is 8.31. The topological polar surface area (TPSA) is 53.7 Å². The Bertz CT molecular complexity index is 871. The van der Waals surface area contributed by atoms with Crippen LogP contribution in [-0.2, 0) is 7.05 Å². The number of aryl methyl sites for hydroxylation is 1. The van der Waals surface area contributed by atoms with Gasteiger partial charge in [-0.1, -0.05) is 42.7 Å². The minimum atomic E-state index is 0.123. The molecule has 0 unspecified atom stereocenters. The molecule has 4 rings (SSSR count). The van der Waals surface area contributed by atoms with E-state index in [2.05, 4.69) is 17.0 Å². The Morgan fingerprint density at radius 3 is 2.39 bits per heavy atom. The molecule has 0 bridgehead atoms. The molecule has 7 heteroatoms. The lowest BCUT2D eigenvalue weighted by Crippen LogP contribution is -2.47. The van der Waals surface area contributed by atoms with Crippen molar-refractivity contribution in [3.63, 3.8) is 0 Å². The van der Waals surface area contributed by atoms with Gasteiger partial charge in [-0.2, -0.15) is 5.10 Å². The van der Waals surface area contributed by atoms with Gasteiger partial charge in [0, 0.05) is 44.4 Å². The Morgan fingerprint density at radius 2 is 1.71 bits per heavy atom. The van der Waals surface area contributed by atoms with E-state index in [9.17, 15) is 4.79 Å². The molecule has 2 fully saturated rings. The number of carbonyl (C=O) groups is 1. The van der Waals surface area contributed by atoms with Crippen molar-refractivity contribution in [1.82, 2.24) is 19.6 Å². The van der Waals surface area contributed by atoms with Gasteiger partial charge in [-0.05, 0) is 32.0 Å². The summed E-state index contributed by atoms with van der Waals surface area (Å²) in [6.07, 6.45) is 6.29. The molecule has 0 N–H and O–H groups in total. The van der Waals surface area contributed by atoms with Crippen molar-refractivity contribution in [2.24, 2.45) is 12.0 Å². The summed E-state index contributed by atoms with van der Waals surface area (Å²) in [5.41, 5.74) is 1.79. The maximum atomic E-state index is 12.7. The predicted molar refractivity (Wildman–Crippen MR) is 112 cm³/mol. The van der Waals surface area contributed by atoms with E-state index in [0.29, 0.717) is 6.04 Å². The molecular weight excluding hydrogens is 370 g/mol. The van der Waals surface area contributed by atoms with E-state index in [4.69, 9.17) is 4.99 Å². The van der Waals surface area contributed by atoms with Crippen molar-refractivity contribution < 1.29 is 4.79 Å². The van der Waals surface area contributed by atoms with E-state index >= 15 is 0 Å². The highest BCUT2D eigenvalue weighted by Crippen LogP contribution is 2.22. The molecule has 2 aromatic rings. The monoisotopic (exact) mass is 399 g/mol. The van der Waals surface area contributed by atoms with Crippen LogP contribution in [0.3, 0.4) is 0 Å². The summed E-state index contributed by atoms with van der Waals surface area (Å²) in [6.45, 7) is 3.47. The number of hydrogen-bond acceptors (Lipinski definition) is 5. The smallest absolute Gasteiger partial charge is 0.253 e. The van der Waals surface area contributed by atoms with E-state index < -0.39 is 0 Å². The average Bonchev–Trinajstić information content (AvgIpc) is 3.09. The third-order valence-corrected chi connectivity index (χ3v) is 6.81. The van der Waals surface area contributed by atoms with E-state index in [1.54, 1.807) is 11.3 Å². The van der Waals surface area contributed by atoms with Crippen LogP contribution >= 0.6 is 11.3 Å². The fourth-order valence-corrected chi connectivity index (χ4v) is 4.86. The fourth-order valence-electron chi connectivity index (χ4n) is 3.89. The van der Waals surface area contributed by atoms with Crippen LogP contribution in [0.4, 0.5) is 0 Å². The minimum Gasteiger partial charge on any atom is -0.336 e. The van der Waals surface area contributed by atoms with Crippen molar-refractivity contribution in [3.05, 3.63) is 34.6 Å². The molecule has 1 saturated carbocycles. The molecule has 1 amide bonds. The fraction of sp³-hybridized carbons (Fsp3) is 0.571. The Morgan fingerprint density at radius 1 is 1.04 bits per heavy atom. The summed E-state index contributed by atoms with van der Waals surface area (Å²) in [7, 11) is 4.06. The molecule has 0 radical (unpaired) electrons. The summed E-state index contributed by atoms with van der Waals surface area (Å²) >= 11 is 1.63. The number of piperazine rings is 1. The van der Waals surface area contributed by atoms with Crippen molar-refractivity contribution in [2.75, 3.05) is 33.2 Å². The van der Waals surface area contributed by atoms with E-state index in [1.807, 2.05) is 40.9 Å². The van der Waals surface area contributed by atoms with Crippen molar-refractivity contribution >= 4 is 17.2 Å². The highest BCUT2D eigenvalue weighted by Gasteiger charge is 2.20. The van der Waals surface area contributed by atoms with Crippen LogP contribution in [0.5, 0.6) is 0 Å². The molecule has 1 saturated heterocycles. The van der Waals surface area contributed by atoms with E-state index in [0.717, 1.165) is 47.1 Å². The number of nitrogens with zero attached hydrogens (tertiary/aromatic N) is 5. The zero-order valence-electron chi connectivity index (χ0n) is 16.8. The van der Waals surface area contributed by atoms with Crippen molar-refractivity contribution in [2.45, 2.75) is 38.1 Å². The Labute approximate surface area is 170 Å². The molecule has 2 aliphatic rings. The van der Waals surface area contributed by atoms with Gasteiger partial charge in [0.05, 0.1) is 6.04 Å². The molecular formula is C21H29N5OS. The first kappa shape index (κ1) is 19.3. The normalized spacial score (nSPS) is 19.9. The van der Waals surface area contributed by atoms with Crippen LogP contribution in [0.25, 0.3) is 10.6 Å². The van der Waals surface area contributed by atoms with Crippen molar-refractivity contribution in [1.29, 1.82) is 0 Å². The Kier molecular flexibility index (Phi) is 5.92. The first-order valence-electron chi connectivity index (χ1n) is 10.3. The second kappa shape index (κ2) is 8.57. The number of amides is 1. The lowest BCUT2D eigenvalue weighted by atomic mass is 9.96. The third-order valence-electron chi connectivity index (χ3n) is 5.74. The SMILES string of the molecule is CN1CCN(C(=O)c2ccc(-c3nn(C)c(=NC4CCCCC4)s3)cc2)CC1. The Hall–Kier alpha value is -1.99. The largest absolute Gasteiger partial charge is 0.336 e. The van der Waals surface area contributed by atoms with Gasteiger partial charge in [0.25, 0.3) is 5.91 Å². The van der Waals surface area contributed by atoms with Crippen LogP contribution in [0.15, 0.2) is 29.3 Å². The summed E-state index contributed by atoms with van der Waals surface area (Å²) < 4.78 is 1.89. The highest BCUT2D eigenvalue weighted by atomic mass is 32.1. The molecule has 0 spiro atoms. The lowest BCUT2D eigenvalue weighted by molar-refractivity contribution is 0.0664. The number of benzene rings is 1. The average molecular weight is 400 g/mol. The molecule has 28 heavy (non-hydrogen) atoms. The molecule has 1 aromatic carbocycles. The number of hydrogen-bond donors (Lipinski definition) is 0. The van der Waals surface area contributed by atoms with Gasteiger partial charge in [0.1, 0.15) is 5.01 Å². The van der Waals surface area contributed by atoms with Gasteiger partial charge in [-0.25, -0.2) is 4.68 Å². The van der Waals surface area contributed by atoms with Crippen molar-refractivity contribution in [3.8, 4) is 10.6 Å². The summed E-state index contributed by atoms with van der Waals surface area (Å²) in [4.78, 5) is 22.8. The van der Waals surface area contributed by atoms with Gasteiger partial charge in [0.2, 0.25) is 4.80 Å². The first-order chi connectivity index (χ1) is 13.6. The first-order valence-corrected chi connectivity index (χ1v) is 11.1. The van der Waals surface area contributed by atoms with Gasteiger partial charge in [0.15, 0.2) is 0 Å². The minimum absolute atomic E-state index is 0.123. The number of carbonyl (C=O) groups excluding carboxylic acids is 1. The molecule has 1 aliphatic carbocycles. The molecule has 1 aliphatic heterocycles. The van der Waals surface area contributed by atoms with Crippen LogP contribution in [0.1, 0.15) is 42.5 Å². The maximum absolute atomic E-state index is 12.7. The van der Waals surface area contributed by atoms with Gasteiger partial charge >= 0.3 is 0 Å². The molecule has 6 nitrogen and oxygen atoms in total. The van der Waals surface area contributed by atoms with Crippen LogP contribution < -0.4 is 4.80 Å². The Balaban J connectivity index is 1.49. The molecule has 1 aromatic heterocycles. The maximum Gasteiger partial charge on any atom is 0.253 e. The van der Waals surface area contributed by atoms with Gasteiger partial charge in [-0.15, -0.1) is 0 Å². The summed E-state index contributed by atoms with van der Waals surface area (Å²) in [5.74, 6) is 0.123. The standard InChI is InChI=1S/C21H29N5OS/c1-24-12-14-26(15-13-24)20(27)17-10-8-16(9-11-17)19-23-25(2)21(28-19)22-18-6-4-3-5-7-18/h8-11,18H,3-7,12-15H2,1-2H3. The number of aromatic nitrogens is 2. The van der Waals surface area contributed by atoms with Crippen LogP contribution in [0, 0.1) is 0 Å². The zero-order valence-corrected chi connectivity index (χ0v) is 17.6. The predicted octanol–water partition coefficient (Wildman–Crippen LogP) is 2.77. The van der Waals surface area contributed by atoms with E-state index in [1.165, 1.54) is 32.1 Å².